The number of hydrogen-bond donors (Lipinski definition) is 1. The predicted molar refractivity (Wildman–Crippen MR) is 166 cm³/mol. The zero-order chi connectivity index (χ0) is 30.6. The maximum absolute atomic E-state index is 13.9. The van der Waals surface area contributed by atoms with Gasteiger partial charge >= 0.3 is 0 Å². The van der Waals surface area contributed by atoms with Crippen LogP contribution in [0.15, 0.2) is 95.9 Å². The number of nitrogens with zero attached hydrogens (tertiary/aromatic N) is 2. The third-order valence-electron chi connectivity index (χ3n) is 7.65. The molecule has 0 aliphatic carbocycles. The van der Waals surface area contributed by atoms with Crippen molar-refractivity contribution in [3.63, 3.8) is 0 Å². The Morgan fingerprint density at radius 3 is 2.28 bits per heavy atom. The van der Waals surface area contributed by atoms with E-state index in [0.29, 0.717) is 29.6 Å². The number of rotatable bonds is 12. The first-order chi connectivity index (χ1) is 20.6. The molecule has 0 unspecified atom stereocenters. The van der Waals surface area contributed by atoms with Gasteiger partial charge in [0.25, 0.3) is 10.0 Å². The van der Waals surface area contributed by atoms with Crippen molar-refractivity contribution < 1.29 is 22.4 Å². The van der Waals surface area contributed by atoms with Gasteiger partial charge in [0.05, 0.1) is 10.6 Å². The van der Waals surface area contributed by atoms with Crippen molar-refractivity contribution in [1.29, 1.82) is 0 Å². The topological polar surface area (TPSA) is 86.8 Å². The van der Waals surface area contributed by atoms with Crippen LogP contribution in [-0.4, -0.2) is 44.3 Å². The van der Waals surface area contributed by atoms with E-state index in [9.17, 15) is 22.4 Å². The van der Waals surface area contributed by atoms with Crippen molar-refractivity contribution in [1.82, 2.24) is 10.2 Å². The molecule has 1 heterocycles. The number of amides is 2. The molecule has 0 bridgehead atoms. The number of benzene rings is 4. The maximum atomic E-state index is 13.9. The highest BCUT2D eigenvalue weighted by molar-refractivity contribution is 7.93. The Hall–Kier alpha value is -4.24. The Bertz CT molecular complexity index is 1700. The zero-order valence-electron chi connectivity index (χ0n) is 24.4. The number of carbonyl (C=O) groups is 2. The number of halogens is 1. The van der Waals surface area contributed by atoms with Crippen molar-refractivity contribution in [3.05, 3.63) is 108 Å². The standard InChI is InChI=1S/C34H36FN3O4S/c1-24(2)22-36-34(40)30(21-25-9-4-3-5-10-25)37(23-26-16-18-28(35)19-17-26)32(39)15-8-20-38-29-13-6-11-27-12-7-14-31(33(27)29)43(38,41)42/h3-7,9-14,16-19,24,30H,8,15,20-23H2,1-2H3,(H,36,40)/t30-/m1/s1. The second-order valence-corrected chi connectivity index (χ2v) is 13.1. The molecule has 0 fully saturated rings. The van der Waals surface area contributed by atoms with Gasteiger partial charge in [-0.05, 0) is 53.1 Å². The summed E-state index contributed by atoms with van der Waals surface area (Å²) in [7, 11) is -3.75. The molecular formula is C34H36FN3O4S. The summed E-state index contributed by atoms with van der Waals surface area (Å²) in [5, 5.41) is 4.52. The van der Waals surface area contributed by atoms with Crippen LogP contribution in [0.5, 0.6) is 0 Å². The Morgan fingerprint density at radius 1 is 0.884 bits per heavy atom. The Balaban J connectivity index is 1.39. The zero-order valence-corrected chi connectivity index (χ0v) is 25.2. The fourth-order valence-corrected chi connectivity index (χ4v) is 7.23. The molecule has 4 aromatic carbocycles. The van der Waals surface area contributed by atoms with E-state index in [2.05, 4.69) is 5.32 Å². The normalized spacial score (nSPS) is 14.2. The van der Waals surface area contributed by atoms with Gasteiger partial charge in [0.2, 0.25) is 11.8 Å². The van der Waals surface area contributed by atoms with Crippen LogP contribution in [0.3, 0.4) is 0 Å². The predicted octanol–water partition coefficient (Wildman–Crippen LogP) is 5.68. The third kappa shape index (κ3) is 6.72. The molecule has 1 atom stereocenters. The van der Waals surface area contributed by atoms with Crippen LogP contribution in [-0.2, 0) is 32.6 Å². The number of nitrogens with one attached hydrogen (secondary N) is 1. The fraction of sp³-hybridized carbons (Fsp3) is 0.294. The lowest BCUT2D eigenvalue weighted by Crippen LogP contribution is -2.51. The molecule has 0 aromatic heterocycles. The smallest absolute Gasteiger partial charge is 0.265 e. The number of hydrogen-bond acceptors (Lipinski definition) is 4. The fourth-order valence-electron chi connectivity index (χ4n) is 5.48. The van der Waals surface area contributed by atoms with Crippen molar-refractivity contribution in [2.24, 2.45) is 5.92 Å². The summed E-state index contributed by atoms with van der Waals surface area (Å²) in [6.45, 7) is 4.69. The highest BCUT2D eigenvalue weighted by Crippen LogP contribution is 2.42. The first-order valence-corrected chi connectivity index (χ1v) is 16.0. The molecule has 0 saturated heterocycles. The first-order valence-electron chi connectivity index (χ1n) is 14.5. The molecule has 1 N–H and O–H groups in total. The van der Waals surface area contributed by atoms with E-state index in [0.717, 1.165) is 10.9 Å². The molecule has 0 radical (unpaired) electrons. The van der Waals surface area contributed by atoms with E-state index in [1.807, 2.05) is 62.4 Å². The highest BCUT2D eigenvalue weighted by atomic mass is 32.2. The monoisotopic (exact) mass is 601 g/mol. The Labute approximate surface area is 252 Å². The lowest BCUT2D eigenvalue weighted by atomic mass is 10.0. The van der Waals surface area contributed by atoms with Crippen LogP contribution >= 0.6 is 0 Å². The second-order valence-electron chi connectivity index (χ2n) is 11.3. The number of anilines is 1. The second kappa shape index (κ2) is 13.0. The van der Waals surface area contributed by atoms with Crippen molar-refractivity contribution in [2.75, 3.05) is 17.4 Å². The van der Waals surface area contributed by atoms with E-state index < -0.39 is 16.1 Å². The van der Waals surface area contributed by atoms with E-state index in [4.69, 9.17) is 0 Å². The average Bonchev–Trinajstić information content (AvgIpc) is 3.22. The van der Waals surface area contributed by atoms with Gasteiger partial charge in [0.1, 0.15) is 11.9 Å². The summed E-state index contributed by atoms with van der Waals surface area (Å²) in [6, 6.07) is 25.3. The van der Waals surface area contributed by atoms with Gasteiger partial charge < -0.3 is 10.2 Å². The summed E-state index contributed by atoms with van der Waals surface area (Å²) in [5.74, 6) is -0.715. The quantitative estimate of drug-likeness (QED) is 0.226. The minimum atomic E-state index is -3.75. The lowest BCUT2D eigenvalue weighted by molar-refractivity contribution is -0.141. The van der Waals surface area contributed by atoms with E-state index >= 15 is 0 Å². The van der Waals surface area contributed by atoms with Gasteiger partial charge in [-0.3, -0.25) is 13.9 Å². The minimum Gasteiger partial charge on any atom is -0.354 e. The number of sulfonamides is 1. The highest BCUT2D eigenvalue weighted by Gasteiger charge is 2.36. The van der Waals surface area contributed by atoms with E-state index in [-0.39, 0.29) is 54.4 Å². The van der Waals surface area contributed by atoms with Gasteiger partial charge in [-0.15, -0.1) is 0 Å². The number of carbonyl (C=O) groups excluding carboxylic acids is 2. The molecule has 5 rings (SSSR count). The SMILES string of the molecule is CC(C)CNC(=O)[C@@H](Cc1ccccc1)N(Cc1ccc(F)cc1)C(=O)CCCN1c2cccc3cccc(c23)S1(=O)=O. The first kappa shape index (κ1) is 30.2. The lowest BCUT2D eigenvalue weighted by Gasteiger charge is -2.32. The molecule has 224 valence electrons. The summed E-state index contributed by atoms with van der Waals surface area (Å²) < 4.78 is 41.9. The molecule has 4 aromatic rings. The Kier molecular flexibility index (Phi) is 9.11. The average molecular weight is 602 g/mol. The molecule has 0 spiro atoms. The van der Waals surface area contributed by atoms with Crippen LogP contribution < -0.4 is 9.62 Å². The van der Waals surface area contributed by atoms with Crippen LogP contribution in [0.25, 0.3) is 10.8 Å². The third-order valence-corrected chi connectivity index (χ3v) is 9.51. The molecule has 0 saturated carbocycles. The van der Waals surface area contributed by atoms with Gasteiger partial charge in [0, 0.05) is 37.9 Å². The van der Waals surface area contributed by atoms with Crippen molar-refractivity contribution in [3.8, 4) is 0 Å². The summed E-state index contributed by atoms with van der Waals surface area (Å²) in [4.78, 5) is 29.3. The summed E-state index contributed by atoms with van der Waals surface area (Å²) in [5.41, 5.74) is 2.20. The molecule has 43 heavy (non-hydrogen) atoms. The molecular weight excluding hydrogens is 565 g/mol. The largest absolute Gasteiger partial charge is 0.354 e. The van der Waals surface area contributed by atoms with E-state index in [1.54, 1.807) is 35.2 Å². The van der Waals surface area contributed by atoms with Crippen LogP contribution in [0.1, 0.15) is 37.8 Å². The Morgan fingerprint density at radius 2 is 1.58 bits per heavy atom. The maximum Gasteiger partial charge on any atom is 0.265 e. The minimum absolute atomic E-state index is 0.0300. The van der Waals surface area contributed by atoms with E-state index in [1.165, 1.54) is 16.4 Å². The summed E-state index contributed by atoms with van der Waals surface area (Å²) >= 11 is 0. The molecule has 1 aliphatic rings. The van der Waals surface area contributed by atoms with Gasteiger partial charge in [-0.1, -0.05) is 80.6 Å². The van der Waals surface area contributed by atoms with Crippen molar-refractivity contribution in [2.45, 2.75) is 50.6 Å². The summed E-state index contributed by atoms with van der Waals surface area (Å²) in [6.07, 6.45) is 0.589. The van der Waals surface area contributed by atoms with Crippen molar-refractivity contribution >= 4 is 38.3 Å². The van der Waals surface area contributed by atoms with Crippen LogP contribution in [0, 0.1) is 11.7 Å². The van der Waals surface area contributed by atoms with Crippen LogP contribution in [0.2, 0.25) is 0 Å². The van der Waals surface area contributed by atoms with Gasteiger partial charge in [0.15, 0.2) is 0 Å². The molecule has 1 aliphatic heterocycles. The van der Waals surface area contributed by atoms with Gasteiger partial charge in [-0.2, -0.15) is 0 Å². The van der Waals surface area contributed by atoms with Gasteiger partial charge in [-0.25, -0.2) is 12.8 Å². The molecule has 2 amide bonds. The molecule has 7 nitrogen and oxygen atoms in total. The molecule has 9 heteroatoms. The van der Waals surface area contributed by atoms with Crippen LogP contribution in [0.4, 0.5) is 10.1 Å².